The molecule has 2 aliphatic heterocycles. The predicted octanol–water partition coefficient (Wildman–Crippen LogP) is 1.69. The number of hydrogen-bond acceptors (Lipinski definition) is 7. The first kappa shape index (κ1) is 19.0. The van der Waals surface area contributed by atoms with Crippen LogP contribution in [-0.4, -0.2) is 41.3 Å². The van der Waals surface area contributed by atoms with Gasteiger partial charge in [-0.1, -0.05) is 11.8 Å². The minimum Gasteiger partial charge on any atom is -0.477 e. The van der Waals surface area contributed by atoms with Crippen LogP contribution in [0.5, 0.6) is 0 Å². The normalized spacial score (nSPS) is 21.4. The van der Waals surface area contributed by atoms with Crippen molar-refractivity contribution in [1.82, 2.24) is 9.88 Å². The fourth-order valence-corrected chi connectivity index (χ4v) is 5.06. The number of pyridine rings is 1. The van der Waals surface area contributed by atoms with Gasteiger partial charge in [0, 0.05) is 25.7 Å². The largest absolute Gasteiger partial charge is 0.477 e. The lowest BCUT2D eigenvalue weighted by Crippen LogP contribution is -2.50. The van der Waals surface area contributed by atoms with Crippen LogP contribution in [-0.2, 0) is 0 Å². The highest BCUT2D eigenvalue weighted by molar-refractivity contribution is 8.00. The van der Waals surface area contributed by atoms with Crippen molar-refractivity contribution in [3.63, 3.8) is 0 Å². The van der Waals surface area contributed by atoms with Gasteiger partial charge >= 0.3 is 5.97 Å². The Morgan fingerprint density at radius 2 is 2.07 bits per heavy atom. The maximum atomic E-state index is 15.6. The Labute approximate surface area is 162 Å². The second kappa shape index (κ2) is 6.61. The van der Waals surface area contributed by atoms with Crippen molar-refractivity contribution in [3.05, 3.63) is 27.4 Å². The van der Waals surface area contributed by atoms with Crippen LogP contribution in [0, 0.1) is 11.6 Å². The number of hydrogen-bond donors (Lipinski definition) is 4. The molecule has 1 aromatic heterocycles. The molecule has 3 heterocycles. The van der Waals surface area contributed by atoms with E-state index in [1.54, 1.807) is 11.8 Å². The number of aromatic nitrogens is 1. The molecule has 28 heavy (non-hydrogen) atoms. The van der Waals surface area contributed by atoms with Crippen LogP contribution in [0.1, 0.15) is 29.6 Å². The average Bonchev–Trinajstić information content (AvgIpc) is 2.62. The molecule has 5 N–H and O–H groups in total. The standard InChI is InChI=1S/C17H19F2N5O3S/c1-6-5-23(4-3-21-6)14-10(18)12(22-20)8-13(11(14)19)24-7(2)28-16(24)9(15(8)25)17(26)27/h6-7,21-22H,3-5,20H2,1-2H3,(H,26,27). The number of hydrazine groups is 1. The number of rotatable bonds is 3. The van der Waals surface area contributed by atoms with Crippen molar-refractivity contribution < 1.29 is 18.7 Å². The summed E-state index contributed by atoms with van der Waals surface area (Å²) in [6, 6.07) is 0.0204. The second-order valence-electron chi connectivity index (χ2n) is 6.92. The molecular weight excluding hydrogens is 392 g/mol. The second-order valence-corrected chi connectivity index (χ2v) is 8.23. The predicted molar refractivity (Wildman–Crippen MR) is 103 cm³/mol. The highest BCUT2D eigenvalue weighted by atomic mass is 32.2. The van der Waals surface area contributed by atoms with E-state index >= 15 is 8.78 Å². The number of nitrogens with two attached hydrogens (primary N) is 1. The fraction of sp³-hybridized carbons (Fsp3) is 0.412. The summed E-state index contributed by atoms with van der Waals surface area (Å²) in [6.45, 7) is 4.95. The Bertz CT molecular complexity index is 1070. The van der Waals surface area contributed by atoms with Crippen molar-refractivity contribution >= 4 is 40.0 Å². The monoisotopic (exact) mass is 411 g/mol. The van der Waals surface area contributed by atoms with Crippen molar-refractivity contribution in [2.45, 2.75) is 30.3 Å². The number of benzene rings is 1. The zero-order valence-corrected chi connectivity index (χ0v) is 16.0. The van der Waals surface area contributed by atoms with Crippen molar-refractivity contribution in [2.75, 3.05) is 30.0 Å². The minimum atomic E-state index is -1.45. The molecule has 8 nitrogen and oxygen atoms in total. The third-order valence-corrected chi connectivity index (χ3v) is 6.32. The topological polar surface area (TPSA) is 113 Å². The molecule has 0 aliphatic carbocycles. The van der Waals surface area contributed by atoms with Gasteiger partial charge in [0.25, 0.3) is 0 Å². The van der Waals surface area contributed by atoms with Gasteiger partial charge in [0.2, 0.25) is 5.43 Å². The first-order valence-electron chi connectivity index (χ1n) is 8.75. The lowest BCUT2D eigenvalue weighted by Gasteiger charge is -2.36. The number of anilines is 2. The number of thioether (sulfide) groups is 1. The summed E-state index contributed by atoms with van der Waals surface area (Å²) in [5.41, 5.74) is -0.112. The molecule has 0 amide bonds. The lowest BCUT2D eigenvalue weighted by molar-refractivity contribution is 0.0689. The molecule has 0 bridgehead atoms. The fourth-order valence-electron chi connectivity index (χ4n) is 3.92. The Kier molecular flexibility index (Phi) is 4.47. The van der Waals surface area contributed by atoms with Crippen LogP contribution >= 0.6 is 11.8 Å². The molecule has 1 aromatic carbocycles. The molecule has 1 saturated heterocycles. The third-order valence-electron chi connectivity index (χ3n) is 5.15. The van der Waals surface area contributed by atoms with Crippen molar-refractivity contribution in [2.24, 2.45) is 5.84 Å². The summed E-state index contributed by atoms with van der Waals surface area (Å²) in [4.78, 5) is 26.0. The van der Waals surface area contributed by atoms with E-state index in [-0.39, 0.29) is 27.6 Å². The number of nitrogens with one attached hydrogen (secondary N) is 2. The summed E-state index contributed by atoms with van der Waals surface area (Å²) in [5, 5.41) is 12.1. The summed E-state index contributed by atoms with van der Waals surface area (Å²) >= 11 is 1.15. The Balaban J connectivity index is 2.13. The average molecular weight is 411 g/mol. The van der Waals surface area contributed by atoms with E-state index in [1.807, 2.05) is 6.92 Å². The molecule has 1 fully saturated rings. The molecule has 0 saturated carbocycles. The van der Waals surface area contributed by atoms with Gasteiger partial charge in [-0.3, -0.25) is 10.6 Å². The van der Waals surface area contributed by atoms with Crippen LogP contribution in [0.4, 0.5) is 20.2 Å². The van der Waals surface area contributed by atoms with E-state index in [0.29, 0.717) is 19.6 Å². The summed E-state index contributed by atoms with van der Waals surface area (Å²) < 4.78 is 32.3. The molecule has 11 heteroatoms. The van der Waals surface area contributed by atoms with Crippen LogP contribution < -0.4 is 26.9 Å². The quantitative estimate of drug-likeness (QED) is 0.446. The molecular formula is C17H19F2N5O3S. The van der Waals surface area contributed by atoms with E-state index in [4.69, 9.17) is 5.84 Å². The maximum absolute atomic E-state index is 15.6. The van der Waals surface area contributed by atoms with E-state index in [9.17, 15) is 14.7 Å². The van der Waals surface area contributed by atoms with Gasteiger partial charge in [-0.2, -0.15) is 0 Å². The summed E-state index contributed by atoms with van der Waals surface area (Å²) in [6.07, 6.45) is 0. The Morgan fingerprint density at radius 3 is 2.64 bits per heavy atom. The van der Waals surface area contributed by atoms with Crippen molar-refractivity contribution in [3.8, 4) is 0 Å². The first-order valence-corrected chi connectivity index (χ1v) is 9.63. The van der Waals surface area contributed by atoms with Gasteiger partial charge in [0.1, 0.15) is 16.9 Å². The summed E-state index contributed by atoms with van der Waals surface area (Å²) in [7, 11) is 0. The van der Waals surface area contributed by atoms with Crippen molar-refractivity contribution in [1.29, 1.82) is 0 Å². The minimum absolute atomic E-state index is 0.0204. The SMILES string of the molecule is CC1CN(c2c(F)c(NN)c3c(=O)c(C(=O)O)c4n(c3c2F)C(C)S4)CCN1. The number of aromatic carboxylic acids is 1. The van der Waals surface area contributed by atoms with E-state index in [0.717, 1.165) is 11.8 Å². The lowest BCUT2D eigenvalue weighted by atomic mass is 10.0. The molecule has 150 valence electrons. The number of carboxylic acids is 1. The van der Waals surface area contributed by atoms with Crippen LogP contribution in [0.3, 0.4) is 0 Å². The van der Waals surface area contributed by atoms with Crippen LogP contribution in [0.25, 0.3) is 10.9 Å². The van der Waals surface area contributed by atoms with Crippen LogP contribution in [0.2, 0.25) is 0 Å². The van der Waals surface area contributed by atoms with Gasteiger partial charge in [0.05, 0.1) is 21.3 Å². The number of piperazine rings is 1. The third kappa shape index (κ3) is 2.50. The van der Waals surface area contributed by atoms with Gasteiger partial charge in [-0.25, -0.2) is 13.6 Å². The van der Waals surface area contributed by atoms with Gasteiger partial charge < -0.3 is 25.3 Å². The molecule has 0 spiro atoms. The Hall–Kier alpha value is -2.37. The number of nitrogen functional groups attached to an aromatic ring is 1. The van der Waals surface area contributed by atoms with E-state index < -0.39 is 39.7 Å². The van der Waals surface area contributed by atoms with E-state index in [1.165, 1.54) is 4.57 Å². The molecule has 2 aliphatic rings. The molecule has 2 atom stereocenters. The molecule has 2 unspecified atom stereocenters. The molecule has 0 radical (unpaired) electrons. The summed E-state index contributed by atoms with van der Waals surface area (Å²) in [5.74, 6) is 2.15. The number of carbonyl (C=O) groups is 1. The first-order chi connectivity index (χ1) is 13.3. The number of fused-ring (bicyclic) bond motifs is 3. The zero-order chi connectivity index (χ0) is 20.3. The van der Waals surface area contributed by atoms with Gasteiger partial charge in [-0.15, -0.1) is 0 Å². The zero-order valence-electron chi connectivity index (χ0n) is 15.2. The van der Waals surface area contributed by atoms with E-state index in [2.05, 4.69) is 10.7 Å². The van der Waals surface area contributed by atoms with Crippen LogP contribution in [0.15, 0.2) is 9.82 Å². The maximum Gasteiger partial charge on any atom is 0.342 e. The number of halogens is 2. The highest BCUT2D eigenvalue weighted by Gasteiger charge is 2.37. The molecule has 4 rings (SSSR count). The van der Waals surface area contributed by atoms with Gasteiger partial charge in [-0.05, 0) is 13.8 Å². The number of carboxylic acid groups (broad SMARTS) is 1. The number of nitrogens with zero attached hydrogens (tertiary/aromatic N) is 2. The highest BCUT2D eigenvalue weighted by Crippen LogP contribution is 2.49. The Morgan fingerprint density at radius 1 is 1.36 bits per heavy atom. The van der Waals surface area contributed by atoms with Gasteiger partial charge in [0.15, 0.2) is 11.6 Å². The molecule has 2 aromatic rings. The smallest absolute Gasteiger partial charge is 0.342 e.